The van der Waals surface area contributed by atoms with Crippen LogP contribution in [0.4, 0.5) is 55.2 Å². The molecule has 0 aliphatic rings. The van der Waals surface area contributed by atoms with E-state index >= 15 is 0 Å². The van der Waals surface area contributed by atoms with Crippen LogP contribution in [0.25, 0.3) is 0 Å². The van der Waals surface area contributed by atoms with Gasteiger partial charge in [0, 0.05) is 51.0 Å². The van der Waals surface area contributed by atoms with Crippen LogP contribution in [-0.2, 0) is 30.7 Å². The van der Waals surface area contributed by atoms with Crippen molar-refractivity contribution < 1.29 is 69.0 Å². The zero-order valence-corrected chi connectivity index (χ0v) is 45.9. The van der Waals surface area contributed by atoms with Crippen LogP contribution in [0.15, 0.2) is 24.3 Å². The topological polar surface area (TPSA) is 37.3 Å². The van der Waals surface area contributed by atoms with Crippen LogP contribution >= 0.6 is 15.6 Å². The Morgan fingerprint density at radius 3 is 0.943 bits per heavy atom. The number of aryl methyl sites for hydroxylation is 6. The second-order valence-electron chi connectivity index (χ2n) is 20.3. The van der Waals surface area contributed by atoms with Gasteiger partial charge in [-0.3, -0.25) is 4.90 Å². The third-order valence-electron chi connectivity index (χ3n) is 11.6. The van der Waals surface area contributed by atoms with E-state index in [0.717, 1.165) is 25.9 Å². The average Bonchev–Trinajstić information content (AvgIpc) is 3.16. The number of pyridine rings is 2. The molecule has 0 fully saturated rings. The van der Waals surface area contributed by atoms with Gasteiger partial charge >= 0.3 is 72.1 Å². The van der Waals surface area contributed by atoms with Crippen molar-refractivity contribution in [1.82, 2.24) is 4.90 Å². The number of ether oxygens (including phenoxy) is 1. The van der Waals surface area contributed by atoms with Crippen molar-refractivity contribution in [2.75, 3.05) is 13.1 Å². The van der Waals surface area contributed by atoms with E-state index < -0.39 is 21.2 Å². The molecule has 2 rings (SSSR count). The van der Waals surface area contributed by atoms with Gasteiger partial charge in [0.15, 0.2) is 35.9 Å². The van der Waals surface area contributed by atoms with Gasteiger partial charge in [-0.05, 0) is 58.6 Å². The van der Waals surface area contributed by atoms with E-state index in [2.05, 4.69) is 74.9 Å². The first-order chi connectivity index (χ1) is 31.8. The molecule has 0 saturated carbocycles. The average molecular weight is 1070 g/mol. The molecular weight excluding hydrogens is 977 g/mol. The molecule has 0 aliphatic heterocycles. The van der Waals surface area contributed by atoms with Gasteiger partial charge in [-0.2, -0.15) is 9.13 Å². The van der Waals surface area contributed by atoms with Crippen molar-refractivity contribution in [3.8, 4) is 0 Å². The van der Waals surface area contributed by atoms with E-state index in [1.54, 1.807) is 0 Å². The second-order valence-corrected chi connectivity index (χ2v) is 24.1. The van der Waals surface area contributed by atoms with Crippen LogP contribution in [0.3, 0.4) is 0 Å². The molecule has 5 nitrogen and oxygen atoms in total. The van der Waals surface area contributed by atoms with Crippen LogP contribution in [0, 0.1) is 27.7 Å². The number of unbranched alkanes of at least 4 members (excludes halogenated alkanes) is 22. The van der Waals surface area contributed by atoms with Crippen molar-refractivity contribution in [1.29, 1.82) is 0 Å². The predicted octanol–water partition coefficient (Wildman–Crippen LogP) is 20.7. The van der Waals surface area contributed by atoms with E-state index in [1.165, 1.54) is 188 Å². The van der Waals surface area contributed by atoms with E-state index in [4.69, 9.17) is 4.74 Å². The molecule has 70 heavy (non-hydrogen) atoms. The molecule has 2 aromatic heterocycles. The maximum atomic E-state index is 13.7. The summed E-state index contributed by atoms with van der Waals surface area (Å²) in [4.78, 5) is 15.7. The summed E-state index contributed by atoms with van der Waals surface area (Å²) in [6.45, 7) is 22.2. The van der Waals surface area contributed by atoms with Gasteiger partial charge in [0.2, 0.25) is 0 Å². The molecule has 0 bridgehead atoms. The van der Waals surface area contributed by atoms with Gasteiger partial charge < -0.3 is 4.74 Å². The molecule has 0 aromatic carbocycles. The Kier molecular flexibility index (Phi) is 28.5. The number of halogens is 12. The molecular formula is C51H91F12N3O2P2. The molecule has 0 spiro atoms. The van der Waals surface area contributed by atoms with Gasteiger partial charge in [-0.25, -0.2) is 4.79 Å². The van der Waals surface area contributed by atoms with Gasteiger partial charge in [0.05, 0.1) is 13.1 Å². The van der Waals surface area contributed by atoms with Crippen molar-refractivity contribution >= 4 is 21.7 Å². The number of amides is 1. The standard InChI is InChI=1S/C51H91N3O2.2F6P/c1-10-12-14-16-18-20-22-24-26-28-30-32-34-48-42-44(3)40-46(5)53(48)38-36-52(50(55)56-51(7,8)9)37-39-54-47(6)41-45(4)43-49(54)35-33-31-29-27-25-23-21-19-17-15-13-11-2;2*1-7(2,3,4,5)6/h40-43H,10-39H2,1-9H3;;/q+2;2*-1. The first-order valence-electron chi connectivity index (χ1n) is 26.0. The first kappa shape index (κ1) is 67.6. The summed E-state index contributed by atoms with van der Waals surface area (Å²) in [6.07, 6.45) is 34.8. The van der Waals surface area contributed by atoms with Crippen LogP contribution in [-0.4, -0.2) is 29.7 Å². The molecule has 1 amide bonds. The van der Waals surface area contributed by atoms with E-state index in [-0.39, 0.29) is 6.09 Å². The number of carbonyl (C=O) groups excluding carboxylic acids is 1. The fourth-order valence-corrected chi connectivity index (χ4v) is 8.44. The molecule has 2 aromatic rings. The summed E-state index contributed by atoms with van der Waals surface area (Å²) < 4.78 is 129. The van der Waals surface area contributed by atoms with Gasteiger partial charge in [0.25, 0.3) is 0 Å². The van der Waals surface area contributed by atoms with Gasteiger partial charge in [-0.1, -0.05) is 155 Å². The molecule has 19 heteroatoms. The molecule has 416 valence electrons. The first-order valence-corrected chi connectivity index (χ1v) is 30.0. The number of aromatic nitrogens is 2. The van der Waals surface area contributed by atoms with Crippen molar-refractivity contribution in [2.24, 2.45) is 0 Å². The Labute approximate surface area is 413 Å². The molecule has 0 N–H and O–H groups in total. The number of hydrogen-bond donors (Lipinski definition) is 0. The Balaban J connectivity index is 0.00000294. The molecule has 0 aliphatic carbocycles. The summed E-state index contributed by atoms with van der Waals surface area (Å²) in [6, 6.07) is 9.32. The second kappa shape index (κ2) is 29.5. The van der Waals surface area contributed by atoms with Crippen molar-refractivity contribution in [3.05, 3.63) is 58.2 Å². The SMILES string of the molecule is CCCCCCCCCCCCCCc1cc(C)cc(C)[n+]1CCN(CC[n+]1c(C)cc(C)cc1CCCCCCCCCCCCCC)C(=O)OC(C)(C)C.F[P-](F)(F)(F)(F)F.F[P-](F)(F)(F)(F)F. The molecule has 0 unspecified atom stereocenters. The predicted molar refractivity (Wildman–Crippen MR) is 267 cm³/mol. The number of carbonyl (C=O) groups is 1. The molecule has 0 radical (unpaired) electrons. The zero-order valence-electron chi connectivity index (χ0n) is 44.1. The van der Waals surface area contributed by atoms with Crippen LogP contribution in [0.5, 0.6) is 0 Å². The third kappa shape index (κ3) is 46.6. The number of hydrogen-bond acceptors (Lipinski definition) is 2. The summed E-state index contributed by atoms with van der Waals surface area (Å²) in [5, 5.41) is 0. The quantitative estimate of drug-likeness (QED) is 0.0317. The van der Waals surface area contributed by atoms with Crippen LogP contribution in [0.2, 0.25) is 0 Å². The van der Waals surface area contributed by atoms with Gasteiger partial charge in [-0.15, -0.1) is 0 Å². The number of nitrogens with zero attached hydrogens (tertiary/aromatic N) is 3. The Morgan fingerprint density at radius 1 is 0.457 bits per heavy atom. The minimum atomic E-state index is -10.7. The Morgan fingerprint density at radius 2 is 0.700 bits per heavy atom. The van der Waals surface area contributed by atoms with E-state index in [1.807, 2.05) is 25.7 Å². The van der Waals surface area contributed by atoms with E-state index in [9.17, 15) is 55.2 Å². The fraction of sp³-hybridized carbons (Fsp3) is 0.784. The maximum absolute atomic E-state index is 13.7. The normalized spacial score (nSPS) is 14.0. The third-order valence-corrected chi connectivity index (χ3v) is 11.6. The van der Waals surface area contributed by atoms with Crippen molar-refractivity contribution in [2.45, 2.75) is 248 Å². The number of rotatable bonds is 32. The zero-order chi connectivity index (χ0) is 53.8. The summed E-state index contributed by atoms with van der Waals surface area (Å²) >= 11 is 0. The van der Waals surface area contributed by atoms with Gasteiger partial charge in [0.1, 0.15) is 5.60 Å². The van der Waals surface area contributed by atoms with Crippen LogP contribution < -0.4 is 9.13 Å². The summed E-state index contributed by atoms with van der Waals surface area (Å²) in [5.41, 5.74) is 7.45. The molecule has 0 saturated heterocycles. The minimum absolute atomic E-state index is 0.210. The Hall–Kier alpha value is -2.41. The monoisotopic (exact) mass is 1070 g/mol. The summed E-state index contributed by atoms with van der Waals surface area (Å²) in [7, 11) is -21.3. The Bertz CT molecular complexity index is 1650. The molecule has 0 atom stereocenters. The fourth-order valence-electron chi connectivity index (χ4n) is 8.44. The summed E-state index contributed by atoms with van der Waals surface area (Å²) in [5.74, 6) is 0. The van der Waals surface area contributed by atoms with Crippen LogP contribution in [0.1, 0.15) is 223 Å². The molecule has 2 heterocycles. The van der Waals surface area contributed by atoms with Crippen molar-refractivity contribution in [3.63, 3.8) is 0 Å². The van der Waals surface area contributed by atoms with E-state index in [0.29, 0.717) is 13.1 Å².